The van der Waals surface area contributed by atoms with Crippen LogP contribution in [0.25, 0.3) is 0 Å². The third-order valence-corrected chi connectivity index (χ3v) is 4.93. The molecular formula is C18H27ClN4. The minimum atomic E-state index is 0.439. The second-order valence-electron chi connectivity index (χ2n) is 6.11. The number of hydrogen-bond donors (Lipinski definition) is 0. The van der Waals surface area contributed by atoms with Crippen molar-refractivity contribution in [3.8, 4) is 11.8 Å². The largest absolute Gasteiger partial charge is 0.355 e. The molecule has 0 spiro atoms. The predicted molar refractivity (Wildman–Crippen MR) is 96.8 cm³/mol. The number of aromatic nitrogens is 2. The summed E-state index contributed by atoms with van der Waals surface area (Å²) in [6, 6.07) is 4.25. The van der Waals surface area contributed by atoms with Gasteiger partial charge in [-0.1, -0.05) is 37.3 Å². The van der Waals surface area contributed by atoms with Crippen LogP contribution in [0.2, 0.25) is 5.15 Å². The van der Waals surface area contributed by atoms with Crippen LogP contribution in [0.1, 0.15) is 39.5 Å². The maximum absolute atomic E-state index is 5.80. The first-order chi connectivity index (χ1) is 11.1. The molecule has 0 radical (unpaired) electrons. The average molecular weight is 335 g/mol. The molecule has 1 aliphatic carbocycles. The summed E-state index contributed by atoms with van der Waals surface area (Å²) in [7, 11) is 2.09. The first-order valence-corrected chi connectivity index (χ1v) is 8.94. The summed E-state index contributed by atoms with van der Waals surface area (Å²) in [6.07, 6.45) is 4.65. The Kier molecular flexibility index (Phi) is 7.14. The number of nitrogens with zero attached hydrogens (tertiary/aromatic N) is 4. The summed E-state index contributed by atoms with van der Waals surface area (Å²) < 4.78 is 0. The van der Waals surface area contributed by atoms with E-state index in [4.69, 9.17) is 11.6 Å². The van der Waals surface area contributed by atoms with E-state index in [9.17, 15) is 0 Å². The molecule has 1 aliphatic rings. The Bertz CT molecular complexity index is 522. The Hall–Kier alpha value is -1.31. The van der Waals surface area contributed by atoms with Gasteiger partial charge in [0.2, 0.25) is 0 Å². The highest BCUT2D eigenvalue weighted by atomic mass is 35.5. The molecule has 1 saturated carbocycles. The van der Waals surface area contributed by atoms with Gasteiger partial charge in [-0.3, -0.25) is 4.90 Å². The number of anilines is 1. The lowest BCUT2D eigenvalue weighted by molar-refractivity contribution is 0.341. The lowest BCUT2D eigenvalue weighted by Crippen LogP contribution is -2.35. The monoisotopic (exact) mass is 334 g/mol. The molecule has 126 valence electrons. The Morgan fingerprint density at radius 2 is 1.83 bits per heavy atom. The van der Waals surface area contributed by atoms with Crippen molar-refractivity contribution < 1.29 is 0 Å². The topological polar surface area (TPSA) is 32.3 Å². The van der Waals surface area contributed by atoms with E-state index >= 15 is 0 Å². The molecule has 0 bridgehead atoms. The molecule has 0 unspecified atom stereocenters. The number of hydrogen-bond acceptors (Lipinski definition) is 4. The van der Waals surface area contributed by atoms with Crippen LogP contribution < -0.4 is 4.90 Å². The van der Waals surface area contributed by atoms with Gasteiger partial charge in [0, 0.05) is 19.0 Å². The van der Waals surface area contributed by atoms with E-state index in [2.05, 4.69) is 52.7 Å². The molecule has 0 saturated heterocycles. The first kappa shape index (κ1) is 18.0. The lowest BCUT2D eigenvalue weighted by Gasteiger charge is -2.33. The van der Waals surface area contributed by atoms with Crippen LogP contribution in [0.15, 0.2) is 12.1 Å². The maximum Gasteiger partial charge on any atom is 0.151 e. The van der Waals surface area contributed by atoms with Crippen molar-refractivity contribution >= 4 is 17.4 Å². The van der Waals surface area contributed by atoms with Crippen molar-refractivity contribution in [3.05, 3.63) is 17.3 Å². The summed E-state index contributed by atoms with van der Waals surface area (Å²) in [5.74, 6) is 8.28. The fraction of sp³-hybridized carbons (Fsp3) is 0.667. The predicted octanol–water partition coefficient (Wildman–Crippen LogP) is 3.47. The summed E-state index contributed by atoms with van der Waals surface area (Å²) in [6.45, 7) is 7.42. The Balaban J connectivity index is 1.81. The number of halogens is 1. The van der Waals surface area contributed by atoms with E-state index in [0.29, 0.717) is 17.1 Å². The van der Waals surface area contributed by atoms with Crippen molar-refractivity contribution in [2.45, 2.75) is 45.6 Å². The molecule has 0 aliphatic heterocycles. The van der Waals surface area contributed by atoms with Gasteiger partial charge < -0.3 is 4.90 Å². The van der Waals surface area contributed by atoms with Crippen LogP contribution in [0.3, 0.4) is 0 Å². The van der Waals surface area contributed by atoms with Gasteiger partial charge >= 0.3 is 0 Å². The normalized spacial score (nSPS) is 20.9. The van der Waals surface area contributed by atoms with Crippen molar-refractivity contribution in [2.75, 3.05) is 31.6 Å². The Labute approximate surface area is 145 Å². The first-order valence-electron chi connectivity index (χ1n) is 8.56. The fourth-order valence-corrected chi connectivity index (χ4v) is 3.14. The van der Waals surface area contributed by atoms with Gasteiger partial charge in [-0.2, -0.15) is 0 Å². The number of rotatable bonds is 5. The molecule has 1 fully saturated rings. The van der Waals surface area contributed by atoms with Gasteiger partial charge in [-0.05, 0) is 50.9 Å². The van der Waals surface area contributed by atoms with Crippen molar-refractivity contribution in [1.29, 1.82) is 0 Å². The molecule has 1 heterocycles. The molecular weight excluding hydrogens is 308 g/mol. The van der Waals surface area contributed by atoms with Crippen molar-refractivity contribution in [2.24, 2.45) is 5.92 Å². The summed E-state index contributed by atoms with van der Waals surface area (Å²) in [5.41, 5.74) is 0. The Morgan fingerprint density at radius 3 is 2.39 bits per heavy atom. The van der Waals surface area contributed by atoms with E-state index in [-0.39, 0.29) is 0 Å². The van der Waals surface area contributed by atoms with E-state index in [1.54, 1.807) is 6.07 Å². The third kappa shape index (κ3) is 5.37. The van der Waals surface area contributed by atoms with Crippen LogP contribution in [0.4, 0.5) is 5.82 Å². The lowest BCUT2D eigenvalue weighted by atomic mass is 9.86. The summed E-state index contributed by atoms with van der Waals surface area (Å²) >= 11 is 5.80. The minimum absolute atomic E-state index is 0.439. The van der Waals surface area contributed by atoms with Crippen LogP contribution in [0, 0.1) is 17.8 Å². The maximum atomic E-state index is 5.80. The summed E-state index contributed by atoms with van der Waals surface area (Å²) in [4.78, 5) is 4.58. The molecule has 1 aromatic rings. The molecule has 4 nitrogen and oxygen atoms in total. The van der Waals surface area contributed by atoms with Crippen LogP contribution in [0.5, 0.6) is 0 Å². The van der Waals surface area contributed by atoms with Gasteiger partial charge in [0.15, 0.2) is 11.0 Å². The molecule has 0 amide bonds. The highest BCUT2D eigenvalue weighted by Crippen LogP contribution is 2.28. The smallest absolute Gasteiger partial charge is 0.151 e. The van der Waals surface area contributed by atoms with Crippen molar-refractivity contribution in [3.63, 3.8) is 0 Å². The van der Waals surface area contributed by atoms with Gasteiger partial charge in [0.25, 0.3) is 0 Å². The Morgan fingerprint density at radius 1 is 1.13 bits per heavy atom. The molecule has 5 heteroatoms. The van der Waals surface area contributed by atoms with E-state index in [0.717, 1.165) is 38.3 Å². The van der Waals surface area contributed by atoms with E-state index in [1.165, 1.54) is 12.8 Å². The standard InChI is InChI=1S/C18H27ClN4/c1-4-23(5-2)14-6-7-15-8-10-16(11-9-15)22(3)18-13-12-17(19)20-21-18/h12-13,15-16H,4-5,8-11,14H2,1-3H3/t15-,16-. The van der Waals surface area contributed by atoms with Gasteiger partial charge in [0.05, 0.1) is 6.54 Å². The quantitative estimate of drug-likeness (QED) is 0.772. The SMILES string of the molecule is CCN(CC)CC#C[C@H]1CC[C@H](N(C)c2ccc(Cl)nn2)CC1. The molecule has 23 heavy (non-hydrogen) atoms. The zero-order chi connectivity index (χ0) is 16.7. The van der Waals surface area contributed by atoms with E-state index < -0.39 is 0 Å². The third-order valence-electron chi connectivity index (χ3n) is 4.73. The van der Waals surface area contributed by atoms with Crippen molar-refractivity contribution in [1.82, 2.24) is 15.1 Å². The average Bonchev–Trinajstić information content (AvgIpc) is 2.59. The zero-order valence-corrected chi connectivity index (χ0v) is 15.2. The summed E-state index contributed by atoms with van der Waals surface area (Å²) in [5, 5.41) is 8.54. The fourth-order valence-electron chi connectivity index (χ4n) is 3.04. The zero-order valence-electron chi connectivity index (χ0n) is 14.4. The molecule has 0 atom stereocenters. The van der Waals surface area contributed by atoms with Gasteiger partial charge in [-0.25, -0.2) is 0 Å². The van der Waals surface area contributed by atoms with Crippen LogP contribution >= 0.6 is 11.6 Å². The molecule has 1 aromatic heterocycles. The minimum Gasteiger partial charge on any atom is -0.355 e. The molecule has 2 rings (SSSR count). The van der Waals surface area contributed by atoms with Crippen LogP contribution in [-0.2, 0) is 0 Å². The second-order valence-corrected chi connectivity index (χ2v) is 6.50. The highest BCUT2D eigenvalue weighted by Gasteiger charge is 2.24. The van der Waals surface area contributed by atoms with E-state index in [1.807, 2.05) is 6.07 Å². The van der Waals surface area contributed by atoms with Crippen LogP contribution in [-0.4, -0.2) is 47.8 Å². The highest BCUT2D eigenvalue weighted by molar-refractivity contribution is 6.29. The molecule has 0 N–H and O–H groups in total. The van der Waals surface area contributed by atoms with Gasteiger partial charge in [0.1, 0.15) is 0 Å². The molecule has 0 aromatic carbocycles. The van der Waals surface area contributed by atoms with Gasteiger partial charge in [-0.15, -0.1) is 10.2 Å². The second kappa shape index (κ2) is 9.10.